The molecule has 0 aliphatic heterocycles. The number of pyridine rings is 1. The van der Waals surface area contributed by atoms with Crippen molar-refractivity contribution >= 4 is 35.2 Å². The van der Waals surface area contributed by atoms with Crippen molar-refractivity contribution in [1.82, 2.24) is 4.98 Å². The third-order valence-corrected chi connectivity index (χ3v) is 2.48. The Hall–Kier alpha value is -2.41. The van der Waals surface area contributed by atoms with Gasteiger partial charge in [0.15, 0.2) is 5.96 Å². The Morgan fingerprint density at radius 2 is 2.10 bits per heavy atom. The fourth-order valence-corrected chi connectivity index (χ4v) is 1.73. The van der Waals surface area contributed by atoms with Crippen molar-refractivity contribution in [3.05, 3.63) is 35.8 Å². The number of nitrogens with two attached hydrogens (primary N) is 2. The lowest BCUT2D eigenvalue weighted by atomic mass is 10.1. The van der Waals surface area contributed by atoms with Crippen LogP contribution >= 0.6 is 12.4 Å². The predicted octanol–water partition coefficient (Wildman–Crippen LogP) is 1.61. The molecule has 8 heteroatoms. The van der Waals surface area contributed by atoms with Gasteiger partial charge in [0.05, 0.1) is 12.1 Å². The topological polar surface area (TPSA) is 104 Å². The van der Waals surface area contributed by atoms with Gasteiger partial charge < -0.3 is 16.2 Å². The van der Waals surface area contributed by atoms with Gasteiger partial charge in [0.1, 0.15) is 17.3 Å². The smallest absolute Gasteiger partial charge is 0.298 e. The Balaban J connectivity index is 0.00000220. The minimum Gasteiger partial charge on any atom is -0.493 e. The number of halogens is 2. The van der Waals surface area contributed by atoms with Gasteiger partial charge in [-0.3, -0.25) is 4.79 Å². The molecule has 112 valence electrons. The highest BCUT2D eigenvalue weighted by molar-refractivity contribution is 6.02. The van der Waals surface area contributed by atoms with Gasteiger partial charge in [-0.2, -0.15) is 4.99 Å². The Kier molecular flexibility index (Phi) is 5.43. The summed E-state index contributed by atoms with van der Waals surface area (Å²) in [5.41, 5.74) is 10.8. The van der Waals surface area contributed by atoms with E-state index in [0.717, 1.165) is 0 Å². The quantitative estimate of drug-likeness (QED) is 0.662. The summed E-state index contributed by atoms with van der Waals surface area (Å²) in [6.45, 7) is 2.15. The van der Waals surface area contributed by atoms with E-state index in [4.69, 9.17) is 16.2 Å². The zero-order chi connectivity index (χ0) is 14.7. The minimum atomic E-state index is -0.683. The summed E-state index contributed by atoms with van der Waals surface area (Å²) in [5.74, 6) is -1.10. The highest BCUT2D eigenvalue weighted by Gasteiger charge is 2.13. The number of aromatic nitrogens is 1. The lowest BCUT2D eigenvalue weighted by Crippen LogP contribution is -2.24. The lowest BCUT2D eigenvalue weighted by molar-refractivity contribution is 0.0998. The molecule has 1 aromatic heterocycles. The van der Waals surface area contributed by atoms with E-state index in [1.807, 2.05) is 0 Å². The maximum Gasteiger partial charge on any atom is 0.298 e. The first-order valence-electron chi connectivity index (χ1n) is 5.88. The number of carbonyl (C=O) groups excluding carboxylic acids is 1. The molecule has 0 spiro atoms. The van der Waals surface area contributed by atoms with Gasteiger partial charge in [-0.05, 0) is 25.1 Å². The second-order valence-corrected chi connectivity index (χ2v) is 3.94. The van der Waals surface area contributed by atoms with E-state index in [9.17, 15) is 9.18 Å². The van der Waals surface area contributed by atoms with Crippen molar-refractivity contribution in [3.63, 3.8) is 0 Å². The van der Waals surface area contributed by atoms with E-state index in [1.54, 1.807) is 6.92 Å². The normalized spacial score (nSPS) is 9.81. The molecule has 4 N–H and O–H groups in total. The summed E-state index contributed by atoms with van der Waals surface area (Å²) in [7, 11) is 0. The summed E-state index contributed by atoms with van der Waals surface area (Å²) in [5, 5.41) is 0.480. The Labute approximate surface area is 126 Å². The summed E-state index contributed by atoms with van der Waals surface area (Å²) in [6, 6.07) is 5.39. The van der Waals surface area contributed by atoms with Crippen molar-refractivity contribution in [2.24, 2.45) is 16.5 Å². The average molecular weight is 313 g/mol. The molecule has 1 aromatic carbocycles. The number of hydrogen-bond donors (Lipinski definition) is 2. The number of ether oxygens (including phenoxy) is 1. The fraction of sp³-hybridized carbons (Fsp3) is 0.154. The van der Waals surface area contributed by atoms with Crippen molar-refractivity contribution < 1.29 is 13.9 Å². The lowest BCUT2D eigenvalue weighted by Gasteiger charge is -2.08. The van der Waals surface area contributed by atoms with Crippen LogP contribution in [0, 0.1) is 5.82 Å². The number of rotatable bonds is 3. The van der Waals surface area contributed by atoms with Gasteiger partial charge in [0.2, 0.25) is 0 Å². The zero-order valence-electron chi connectivity index (χ0n) is 11.2. The molecule has 21 heavy (non-hydrogen) atoms. The molecule has 2 rings (SSSR count). The highest BCUT2D eigenvalue weighted by atomic mass is 35.5. The van der Waals surface area contributed by atoms with Crippen LogP contribution in [0.2, 0.25) is 0 Å². The van der Waals surface area contributed by atoms with E-state index in [-0.39, 0.29) is 24.1 Å². The van der Waals surface area contributed by atoms with Crippen molar-refractivity contribution in [2.45, 2.75) is 6.92 Å². The third-order valence-electron chi connectivity index (χ3n) is 2.48. The number of guanidine groups is 1. The average Bonchev–Trinajstić information content (AvgIpc) is 2.38. The summed E-state index contributed by atoms with van der Waals surface area (Å²) < 4.78 is 18.7. The minimum absolute atomic E-state index is 0. The van der Waals surface area contributed by atoms with Gasteiger partial charge in [0, 0.05) is 11.5 Å². The van der Waals surface area contributed by atoms with Crippen LogP contribution in [-0.4, -0.2) is 23.5 Å². The molecular formula is C13H14ClFN4O2. The molecule has 0 fully saturated rings. The largest absolute Gasteiger partial charge is 0.493 e. The molecule has 0 radical (unpaired) electrons. The van der Waals surface area contributed by atoms with Crippen molar-refractivity contribution in [2.75, 3.05) is 6.61 Å². The molecular weight excluding hydrogens is 299 g/mol. The van der Waals surface area contributed by atoms with Crippen molar-refractivity contribution in [1.29, 1.82) is 0 Å². The second-order valence-electron chi connectivity index (χ2n) is 3.94. The number of hydrogen-bond acceptors (Lipinski definition) is 3. The molecule has 1 amide bonds. The highest BCUT2D eigenvalue weighted by Crippen LogP contribution is 2.26. The number of amides is 1. The van der Waals surface area contributed by atoms with Crippen LogP contribution in [0.3, 0.4) is 0 Å². The van der Waals surface area contributed by atoms with Crippen LogP contribution in [0.1, 0.15) is 17.4 Å². The molecule has 0 saturated carbocycles. The summed E-state index contributed by atoms with van der Waals surface area (Å²) in [6.07, 6.45) is 0. The third kappa shape index (κ3) is 3.79. The van der Waals surface area contributed by atoms with Crippen LogP contribution in [-0.2, 0) is 0 Å². The molecule has 6 nitrogen and oxygen atoms in total. The van der Waals surface area contributed by atoms with Gasteiger partial charge in [0.25, 0.3) is 5.91 Å². The van der Waals surface area contributed by atoms with Crippen LogP contribution in [0.4, 0.5) is 4.39 Å². The first-order chi connectivity index (χ1) is 9.51. The van der Waals surface area contributed by atoms with Crippen LogP contribution < -0.4 is 16.2 Å². The number of aliphatic imine (C=N–C) groups is 1. The maximum atomic E-state index is 13.3. The second kappa shape index (κ2) is 6.85. The Bertz CT molecular complexity index is 702. The van der Waals surface area contributed by atoms with Crippen molar-refractivity contribution in [3.8, 4) is 5.75 Å². The van der Waals surface area contributed by atoms with Crippen LogP contribution in [0.25, 0.3) is 10.9 Å². The van der Waals surface area contributed by atoms with E-state index in [1.165, 1.54) is 24.3 Å². The molecule has 2 aromatic rings. The van der Waals surface area contributed by atoms with E-state index < -0.39 is 11.7 Å². The SMILES string of the molecule is CCOc1cc(C(=O)N=C(N)N)nc2ccc(F)cc12.Cl. The van der Waals surface area contributed by atoms with Gasteiger partial charge in [-0.25, -0.2) is 9.37 Å². The number of fused-ring (bicyclic) bond motifs is 1. The van der Waals surface area contributed by atoms with Gasteiger partial charge in [-0.1, -0.05) is 0 Å². The maximum absolute atomic E-state index is 13.3. The number of carbonyl (C=O) groups is 1. The Morgan fingerprint density at radius 1 is 1.38 bits per heavy atom. The first kappa shape index (κ1) is 16.6. The van der Waals surface area contributed by atoms with Crippen LogP contribution in [0.5, 0.6) is 5.75 Å². The standard InChI is InChI=1S/C13H13FN4O2.ClH/c1-2-20-11-6-10(12(19)18-13(15)16)17-9-4-3-7(14)5-8(9)11;/h3-6H,2H2,1H3,(H4,15,16,18,19);1H. The number of nitrogens with zero attached hydrogens (tertiary/aromatic N) is 2. The van der Waals surface area contributed by atoms with E-state index >= 15 is 0 Å². The van der Waals surface area contributed by atoms with Gasteiger partial charge >= 0.3 is 0 Å². The van der Waals surface area contributed by atoms with E-state index in [0.29, 0.717) is 23.3 Å². The molecule has 0 aliphatic carbocycles. The monoisotopic (exact) mass is 312 g/mol. The van der Waals surface area contributed by atoms with Gasteiger partial charge in [-0.15, -0.1) is 12.4 Å². The first-order valence-corrected chi connectivity index (χ1v) is 5.88. The van der Waals surface area contributed by atoms with E-state index in [2.05, 4.69) is 9.98 Å². The molecule has 1 heterocycles. The number of benzene rings is 1. The molecule has 0 bridgehead atoms. The summed E-state index contributed by atoms with van der Waals surface area (Å²) in [4.78, 5) is 19.3. The fourth-order valence-electron chi connectivity index (χ4n) is 1.73. The molecule has 0 unspecified atom stereocenters. The summed E-state index contributed by atoms with van der Waals surface area (Å²) >= 11 is 0. The predicted molar refractivity (Wildman–Crippen MR) is 80.3 cm³/mol. The molecule has 0 atom stereocenters. The Morgan fingerprint density at radius 3 is 2.71 bits per heavy atom. The molecule has 0 saturated heterocycles. The van der Waals surface area contributed by atoms with Crippen LogP contribution in [0.15, 0.2) is 29.3 Å². The zero-order valence-corrected chi connectivity index (χ0v) is 12.0. The molecule has 0 aliphatic rings.